The summed E-state index contributed by atoms with van der Waals surface area (Å²) in [6, 6.07) is 76.8. The van der Waals surface area contributed by atoms with E-state index in [0.29, 0.717) is 0 Å². The molecule has 0 fully saturated rings. The summed E-state index contributed by atoms with van der Waals surface area (Å²) in [6.45, 7) is 11.7. The minimum absolute atomic E-state index is 0.125. The lowest BCUT2D eigenvalue weighted by molar-refractivity contribution is 0.742. The molecule has 0 aromatic heterocycles. The van der Waals surface area contributed by atoms with Crippen molar-refractivity contribution < 1.29 is 0 Å². The number of allylic oxidation sites excluding steroid dienone is 10. The number of fused-ring (bicyclic) bond motifs is 2. The van der Waals surface area contributed by atoms with Crippen LogP contribution in [0.1, 0.15) is 42.5 Å². The van der Waals surface area contributed by atoms with Crippen LogP contribution < -0.4 is 9.80 Å². The van der Waals surface area contributed by atoms with Crippen molar-refractivity contribution in [3.8, 4) is 22.3 Å². The third kappa shape index (κ3) is 11.3. The summed E-state index contributed by atoms with van der Waals surface area (Å²) in [5.74, 6) is 0. The number of anilines is 3. The molecule has 0 amide bonds. The van der Waals surface area contributed by atoms with E-state index in [-0.39, 0.29) is 6.04 Å². The first-order valence-corrected chi connectivity index (χ1v) is 25.2. The van der Waals surface area contributed by atoms with E-state index in [2.05, 4.69) is 285 Å². The Morgan fingerprint density at radius 2 is 1.05 bits per heavy atom. The van der Waals surface area contributed by atoms with Crippen LogP contribution in [-0.4, -0.2) is 13.1 Å². The zero-order valence-corrected chi connectivity index (χ0v) is 42.2. The number of benzene rings is 9. The quantitative estimate of drug-likeness (QED) is 0.0792. The van der Waals surface area contributed by atoms with E-state index in [0.717, 1.165) is 23.1 Å². The van der Waals surface area contributed by atoms with E-state index in [4.69, 9.17) is 0 Å². The predicted molar refractivity (Wildman–Crippen MR) is 320 cm³/mol. The summed E-state index contributed by atoms with van der Waals surface area (Å²) in [6.07, 6.45) is 23.9. The average molecular weight is 943 g/mol. The molecular weight excluding hydrogens is 881 g/mol. The van der Waals surface area contributed by atoms with Crippen LogP contribution in [0.25, 0.3) is 67.1 Å². The molecule has 0 spiro atoms. The van der Waals surface area contributed by atoms with Gasteiger partial charge in [-0.15, -0.1) is 0 Å². The van der Waals surface area contributed by atoms with E-state index in [1.54, 1.807) is 6.08 Å². The molecule has 1 aliphatic carbocycles. The minimum atomic E-state index is 0.125. The second kappa shape index (κ2) is 23.8. The first kappa shape index (κ1) is 49.0. The summed E-state index contributed by atoms with van der Waals surface area (Å²) >= 11 is 0. The maximum absolute atomic E-state index is 4.27. The van der Waals surface area contributed by atoms with Crippen LogP contribution in [0.3, 0.4) is 0 Å². The Morgan fingerprint density at radius 3 is 1.67 bits per heavy atom. The predicted octanol–water partition coefficient (Wildman–Crippen LogP) is 19.4. The Balaban J connectivity index is 0.00000125. The van der Waals surface area contributed by atoms with E-state index in [9.17, 15) is 0 Å². The third-order valence-corrected chi connectivity index (χ3v) is 13.4. The Hall–Kier alpha value is -8.98. The van der Waals surface area contributed by atoms with Gasteiger partial charge in [-0.05, 0) is 140 Å². The topological polar surface area (TPSA) is 6.48 Å². The molecule has 0 radical (unpaired) electrons. The van der Waals surface area contributed by atoms with Crippen LogP contribution in [-0.2, 0) is 0 Å². The van der Waals surface area contributed by atoms with Crippen LogP contribution in [0.2, 0.25) is 0 Å². The van der Waals surface area contributed by atoms with E-state index in [1.165, 1.54) is 83.3 Å². The lowest BCUT2D eigenvalue weighted by atomic mass is 9.84. The summed E-state index contributed by atoms with van der Waals surface area (Å²) in [5.41, 5.74) is 16.6. The summed E-state index contributed by atoms with van der Waals surface area (Å²) in [7, 11) is 2.20. The molecule has 0 aliphatic heterocycles. The van der Waals surface area contributed by atoms with Crippen LogP contribution in [0.5, 0.6) is 0 Å². The summed E-state index contributed by atoms with van der Waals surface area (Å²) in [5, 5.41) is 4.84. The molecule has 9 aromatic carbocycles. The number of hydrogen-bond acceptors (Lipinski definition) is 2. The fourth-order valence-corrected chi connectivity index (χ4v) is 9.82. The van der Waals surface area contributed by atoms with Crippen molar-refractivity contribution in [3.05, 3.63) is 308 Å². The van der Waals surface area contributed by atoms with Crippen molar-refractivity contribution in [2.75, 3.05) is 16.8 Å². The molecule has 356 valence electrons. The van der Waals surface area contributed by atoms with Gasteiger partial charge in [0.2, 0.25) is 0 Å². The van der Waals surface area contributed by atoms with Gasteiger partial charge in [0.05, 0.1) is 6.04 Å². The minimum Gasteiger partial charge on any atom is -0.347 e. The van der Waals surface area contributed by atoms with Crippen LogP contribution in [0.4, 0.5) is 17.1 Å². The van der Waals surface area contributed by atoms with Crippen molar-refractivity contribution in [1.82, 2.24) is 0 Å². The first-order chi connectivity index (χ1) is 36.0. The molecule has 0 bridgehead atoms. The van der Waals surface area contributed by atoms with Crippen LogP contribution in [0.15, 0.2) is 286 Å². The van der Waals surface area contributed by atoms with Crippen molar-refractivity contribution in [2.24, 2.45) is 0 Å². The van der Waals surface area contributed by atoms with Gasteiger partial charge >= 0.3 is 0 Å². The molecule has 0 saturated heterocycles. The van der Waals surface area contributed by atoms with E-state index >= 15 is 0 Å². The zero-order chi connectivity index (χ0) is 50.4. The maximum atomic E-state index is 4.27. The third-order valence-electron chi connectivity index (χ3n) is 13.4. The van der Waals surface area contributed by atoms with Gasteiger partial charge in [0, 0.05) is 41.8 Å². The van der Waals surface area contributed by atoms with Crippen molar-refractivity contribution >= 4 is 61.9 Å². The molecule has 0 heterocycles. The fourth-order valence-electron chi connectivity index (χ4n) is 9.82. The van der Waals surface area contributed by atoms with Crippen molar-refractivity contribution in [2.45, 2.75) is 26.3 Å². The highest BCUT2D eigenvalue weighted by atomic mass is 15.2. The molecule has 9 aromatic rings. The van der Waals surface area contributed by atoms with Gasteiger partial charge in [0.15, 0.2) is 0 Å². The average Bonchev–Trinajstić information content (AvgIpc) is 3.46. The molecule has 0 saturated carbocycles. The molecular formula is C71H62N2. The first-order valence-electron chi connectivity index (χ1n) is 25.2. The normalized spacial score (nSPS) is 13.7. The van der Waals surface area contributed by atoms with Crippen LogP contribution >= 0.6 is 0 Å². The fraction of sp³-hybridized carbons (Fsp3) is 0.0704. The molecule has 1 aliphatic rings. The highest BCUT2D eigenvalue weighted by Crippen LogP contribution is 2.43. The second-order valence-electron chi connectivity index (χ2n) is 18.1. The molecule has 0 N–H and O–H groups in total. The Labute approximate surface area is 433 Å². The number of hydrogen-bond donors (Lipinski definition) is 0. The van der Waals surface area contributed by atoms with Gasteiger partial charge in [-0.2, -0.15) is 0 Å². The van der Waals surface area contributed by atoms with E-state index in [1.807, 2.05) is 32.1 Å². The number of rotatable bonds is 14. The molecule has 1 unspecified atom stereocenters. The van der Waals surface area contributed by atoms with Gasteiger partial charge in [0.1, 0.15) is 0 Å². The lowest BCUT2D eigenvalue weighted by Crippen LogP contribution is -2.34. The monoisotopic (exact) mass is 942 g/mol. The van der Waals surface area contributed by atoms with Gasteiger partial charge < -0.3 is 9.80 Å². The van der Waals surface area contributed by atoms with Gasteiger partial charge in [-0.25, -0.2) is 0 Å². The highest BCUT2D eigenvalue weighted by molar-refractivity contribution is 6.09. The van der Waals surface area contributed by atoms with Gasteiger partial charge in [0.25, 0.3) is 0 Å². The largest absolute Gasteiger partial charge is 0.347 e. The molecule has 1 atom stereocenters. The number of para-hydroxylation sites is 3. The second-order valence-corrected chi connectivity index (χ2v) is 18.1. The summed E-state index contributed by atoms with van der Waals surface area (Å²) < 4.78 is 0. The Bertz CT molecular complexity index is 3480. The zero-order valence-electron chi connectivity index (χ0n) is 42.2. The molecule has 10 rings (SSSR count). The Kier molecular flexibility index (Phi) is 16.0. The Morgan fingerprint density at radius 1 is 0.507 bits per heavy atom. The molecule has 73 heavy (non-hydrogen) atoms. The summed E-state index contributed by atoms with van der Waals surface area (Å²) in [4.78, 5) is 4.82. The molecule has 2 nitrogen and oxygen atoms in total. The standard InChI is InChI=1S/C66H54N2.C5H8/c1-4-6-21-50(5-2)66-62-31-20-19-30-61(62)63(51-22-11-7-12-23-51)47-64(66)55-41-40-53-44-49(36-39-54(53)45-55)33-32-48-34-37-52(38-35-48)60-43-42-59(46-65(60)67(3)56-24-13-8-14-25-56)68(57-26-15-9-16-27-57)58-28-17-10-18-29-58;1-3-5-4-2/h4-45,47,59H,2,46H2,1,3H3;3-5H,1H2,2H3/b6-4-,33-32+,50-21+;5-4-. The van der Waals surface area contributed by atoms with Crippen molar-refractivity contribution in [1.29, 1.82) is 0 Å². The lowest BCUT2D eigenvalue weighted by Gasteiger charge is -2.37. The van der Waals surface area contributed by atoms with Gasteiger partial charge in [-0.3, -0.25) is 0 Å². The number of nitrogens with zero attached hydrogens (tertiary/aromatic N) is 2. The van der Waals surface area contributed by atoms with Gasteiger partial charge in [-0.1, -0.05) is 238 Å². The smallest absolute Gasteiger partial charge is 0.0580 e. The molecule has 2 heteroatoms. The SMILES string of the molecule is C=C/C(=C\C=C/C)c1c(-c2ccc3cc(/C=C/c4ccc(C5=C(N(C)c6ccccc6)CC(N(c6ccccc6)c6ccccc6)C=C5)cc4)ccc3c2)cc(-c2ccccc2)c2ccccc12.C=C/C=C\C. The van der Waals surface area contributed by atoms with E-state index < -0.39 is 0 Å². The highest BCUT2D eigenvalue weighted by Gasteiger charge is 2.27. The van der Waals surface area contributed by atoms with Crippen molar-refractivity contribution in [3.63, 3.8) is 0 Å². The maximum Gasteiger partial charge on any atom is 0.0580 e. The van der Waals surface area contributed by atoms with Crippen LogP contribution in [0, 0.1) is 0 Å².